The van der Waals surface area contributed by atoms with Crippen molar-refractivity contribution in [2.45, 2.75) is 17.3 Å². The molecule has 0 aliphatic carbocycles. The SMILES string of the molecule is [CH3][Ge]([CH3])([CH3])[c]1ccc(-c2ccnc(Nc3ccccc3)n2)cc1. The molecule has 2 aromatic carbocycles. The molecule has 0 aliphatic heterocycles. The van der Waals surface area contributed by atoms with Crippen LogP contribution in [0.15, 0.2) is 66.9 Å². The Morgan fingerprint density at radius 3 is 2.17 bits per heavy atom. The third-order valence-corrected chi connectivity index (χ3v) is 8.07. The predicted molar refractivity (Wildman–Crippen MR) is 100 cm³/mol. The summed E-state index contributed by atoms with van der Waals surface area (Å²) in [5.41, 5.74) is 3.05. The van der Waals surface area contributed by atoms with Crippen molar-refractivity contribution in [2.24, 2.45) is 0 Å². The molecule has 0 spiro atoms. The summed E-state index contributed by atoms with van der Waals surface area (Å²) < 4.78 is 1.51. The molecule has 3 rings (SSSR count). The molecular formula is C19H21GeN3. The van der Waals surface area contributed by atoms with Gasteiger partial charge in [-0.2, -0.15) is 0 Å². The summed E-state index contributed by atoms with van der Waals surface area (Å²) in [5.74, 6) is 7.83. The number of hydrogen-bond acceptors (Lipinski definition) is 3. The Balaban J connectivity index is 1.85. The van der Waals surface area contributed by atoms with Crippen LogP contribution >= 0.6 is 0 Å². The van der Waals surface area contributed by atoms with Gasteiger partial charge in [0.15, 0.2) is 0 Å². The van der Waals surface area contributed by atoms with Gasteiger partial charge in [-0.05, 0) is 0 Å². The fourth-order valence-electron chi connectivity index (χ4n) is 2.37. The number of nitrogens with one attached hydrogen (secondary N) is 1. The normalized spacial score (nSPS) is 11.3. The average Bonchev–Trinajstić information content (AvgIpc) is 2.55. The topological polar surface area (TPSA) is 37.8 Å². The first-order valence-corrected chi connectivity index (χ1v) is 15.1. The zero-order valence-electron chi connectivity index (χ0n) is 13.7. The second-order valence-electron chi connectivity index (χ2n) is 6.58. The second-order valence-corrected chi connectivity index (χ2v) is 17.2. The average molecular weight is 364 g/mol. The Kier molecular flexibility index (Phi) is 4.48. The molecule has 1 N–H and O–H groups in total. The van der Waals surface area contributed by atoms with Gasteiger partial charge in [0.25, 0.3) is 0 Å². The molecule has 1 aromatic heterocycles. The summed E-state index contributed by atoms with van der Waals surface area (Å²) in [4.78, 5) is 8.93. The van der Waals surface area contributed by atoms with Gasteiger partial charge in [0.1, 0.15) is 0 Å². The van der Waals surface area contributed by atoms with Crippen molar-refractivity contribution in [3.63, 3.8) is 0 Å². The number of aromatic nitrogens is 2. The van der Waals surface area contributed by atoms with Crippen LogP contribution in [0.25, 0.3) is 11.3 Å². The molecule has 0 unspecified atom stereocenters. The monoisotopic (exact) mass is 365 g/mol. The Labute approximate surface area is 140 Å². The second kappa shape index (κ2) is 6.54. The van der Waals surface area contributed by atoms with Crippen molar-refractivity contribution in [2.75, 3.05) is 5.32 Å². The number of nitrogens with zero attached hydrogens (tertiary/aromatic N) is 2. The molecule has 0 bridgehead atoms. The first-order chi connectivity index (χ1) is 11.0. The number of para-hydroxylation sites is 1. The van der Waals surface area contributed by atoms with Crippen LogP contribution in [0.3, 0.4) is 0 Å². The molecule has 1 heterocycles. The van der Waals surface area contributed by atoms with Crippen LogP contribution in [-0.4, -0.2) is 23.2 Å². The quantitative estimate of drug-likeness (QED) is 0.696. The minimum atomic E-state index is -1.76. The Morgan fingerprint density at radius 2 is 1.52 bits per heavy atom. The van der Waals surface area contributed by atoms with Crippen LogP contribution in [0.1, 0.15) is 0 Å². The van der Waals surface area contributed by atoms with Crippen molar-refractivity contribution >= 4 is 29.3 Å². The summed E-state index contributed by atoms with van der Waals surface area (Å²) in [6.45, 7) is 0. The van der Waals surface area contributed by atoms with Crippen LogP contribution in [0.4, 0.5) is 11.6 Å². The van der Waals surface area contributed by atoms with Gasteiger partial charge in [-0.3, -0.25) is 0 Å². The van der Waals surface area contributed by atoms with Crippen LogP contribution in [0, 0.1) is 0 Å². The van der Waals surface area contributed by atoms with Crippen LogP contribution in [0.5, 0.6) is 0 Å². The molecule has 0 saturated carbocycles. The van der Waals surface area contributed by atoms with E-state index in [-0.39, 0.29) is 0 Å². The van der Waals surface area contributed by atoms with E-state index in [1.54, 1.807) is 6.20 Å². The maximum absolute atomic E-state index is 4.62. The van der Waals surface area contributed by atoms with Crippen molar-refractivity contribution in [3.8, 4) is 11.3 Å². The first kappa shape index (κ1) is 15.7. The van der Waals surface area contributed by atoms with E-state index in [1.807, 2.05) is 36.4 Å². The number of rotatable bonds is 4. The van der Waals surface area contributed by atoms with E-state index in [9.17, 15) is 0 Å². The molecular weight excluding hydrogens is 343 g/mol. The van der Waals surface area contributed by atoms with E-state index in [4.69, 9.17) is 0 Å². The Hall–Kier alpha value is -2.14. The van der Waals surface area contributed by atoms with Crippen LogP contribution in [0.2, 0.25) is 17.3 Å². The number of anilines is 2. The maximum atomic E-state index is 4.62. The van der Waals surface area contributed by atoms with Gasteiger partial charge in [-0.25, -0.2) is 0 Å². The van der Waals surface area contributed by atoms with Crippen molar-refractivity contribution < 1.29 is 0 Å². The summed E-state index contributed by atoms with van der Waals surface area (Å²) in [5, 5.41) is 3.24. The number of benzene rings is 2. The summed E-state index contributed by atoms with van der Waals surface area (Å²) in [7, 11) is 0. The molecule has 4 heteroatoms. The molecule has 0 radical (unpaired) electrons. The van der Waals surface area contributed by atoms with Crippen LogP contribution < -0.4 is 9.71 Å². The van der Waals surface area contributed by atoms with Gasteiger partial charge in [0.2, 0.25) is 0 Å². The Bertz CT molecular complexity index is 778. The molecule has 0 fully saturated rings. The Morgan fingerprint density at radius 1 is 0.826 bits per heavy atom. The number of hydrogen-bond donors (Lipinski definition) is 1. The fourth-order valence-corrected chi connectivity index (χ4v) is 4.82. The molecule has 23 heavy (non-hydrogen) atoms. The van der Waals surface area contributed by atoms with E-state index in [0.29, 0.717) is 5.95 Å². The standard InChI is InChI=1S/C19H21GeN3/c1-20(2,3)16-11-9-15(10-12-16)18-13-14-21-19(23-18)22-17-7-5-4-6-8-17/h4-14H,1-3H3,(H,21,22,23). The molecule has 3 aromatic rings. The van der Waals surface area contributed by atoms with Crippen molar-refractivity contribution in [1.29, 1.82) is 0 Å². The van der Waals surface area contributed by atoms with Crippen LogP contribution in [-0.2, 0) is 0 Å². The van der Waals surface area contributed by atoms with E-state index >= 15 is 0 Å². The van der Waals surface area contributed by atoms with Gasteiger partial charge in [-0.15, -0.1) is 0 Å². The summed E-state index contributed by atoms with van der Waals surface area (Å²) in [6, 6.07) is 20.8. The molecule has 0 aliphatic rings. The molecule has 0 atom stereocenters. The van der Waals surface area contributed by atoms with Gasteiger partial charge in [0, 0.05) is 0 Å². The van der Waals surface area contributed by atoms with Gasteiger partial charge < -0.3 is 0 Å². The minimum absolute atomic E-state index is 0.617. The first-order valence-electron chi connectivity index (χ1n) is 7.78. The van der Waals surface area contributed by atoms with E-state index < -0.39 is 13.3 Å². The molecule has 0 amide bonds. The van der Waals surface area contributed by atoms with Gasteiger partial charge in [0.05, 0.1) is 0 Å². The summed E-state index contributed by atoms with van der Waals surface area (Å²) >= 11 is -1.76. The van der Waals surface area contributed by atoms with E-state index in [2.05, 4.69) is 56.8 Å². The van der Waals surface area contributed by atoms with E-state index in [1.165, 1.54) is 4.40 Å². The van der Waals surface area contributed by atoms with Gasteiger partial charge >= 0.3 is 140 Å². The third-order valence-electron chi connectivity index (χ3n) is 3.73. The zero-order valence-corrected chi connectivity index (χ0v) is 15.8. The van der Waals surface area contributed by atoms with Crippen molar-refractivity contribution in [1.82, 2.24) is 9.97 Å². The third kappa shape index (κ3) is 3.99. The van der Waals surface area contributed by atoms with Gasteiger partial charge in [-0.1, -0.05) is 0 Å². The van der Waals surface area contributed by atoms with E-state index in [0.717, 1.165) is 16.9 Å². The summed E-state index contributed by atoms with van der Waals surface area (Å²) in [6.07, 6.45) is 1.79. The molecule has 3 nitrogen and oxygen atoms in total. The zero-order chi connectivity index (χ0) is 16.3. The van der Waals surface area contributed by atoms with Crippen molar-refractivity contribution in [3.05, 3.63) is 66.9 Å². The molecule has 0 saturated heterocycles. The predicted octanol–water partition coefficient (Wildman–Crippen LogP) is 4.43. The molecule has 116 valence electrons. The fraction of sp³-hybridized carbons (Fsp3) is 0.158.